The van der Waals surface area contributed by atoms with Gasteiger partial charge < -0.3 is 35.6 Å². The lowest BCUT2D eigenvalue weighted by Gasteiger charge is -2.33. The summed E-state index contributed by atoms with van der Waals surface area (Å²) in [6, 6.07) is 15.3. The molecule has 1 heterocycles. The van der Waals surface area contributed by atoms with E-state index in [0.717, 1.165) is 56.4 Å². The molecule has 0 aromatic heterocycles. The number of aliphatic hydroxyl groups is 2. The maximum absolute atomic E-state index is 12.4. The molecule has 0 bridgehead atoms. The van der Waals surface area contributed by atoms with Gasteiger partial charge in [0.2, 0.25) is 0 Å². The molecule has 2 amide bonds. The fraction of sp³-hybridized carbons (Fsp3) is 0.552. The molecular weight excluding hydrogens is 470 g/mol. The minimum Gasteiger partial charge on any atom is -0.457 e. The molecule has 204 valence electrons. The SMILES string of the molecule is CCc1ccccc1Oc1ccccc1C(O)(CCCC[C@@H]1CCCN(C(=O)NC[C@@H](O)CN)C1)OC. The van der Waals surface area contributed by atoms with Crippen LogP contribution in [0.25, 0.3) is 0 Å². The van der Waals surface area contributed by atoms with Crippen molar-refractivity contribution in [1.82, 2.24) is 10.2 Å². The Kier molecular flexibility index (Phi) is 11.2. The number of ether oxygens (including phenoxy) is 2. The van der Waals surface area contributed by atoms with Crippen LogP contribution in [0, 0.1) is 5.92 Å². The molecular formula is C29H43N3O5. The number of aryl methyl sites for hydroxylation is 1. The number of rotatable bonds is 13. The van der Waals surface area contributed by atoms with Crippen LogP contribution in [0.15, 0.2) is 48.5 Å². The van der Waals surface area contributed by atoms with E-state index in [-0.39, 0.29) is 19.1 Å². The Morgan fingerprint density at radius 2 is 1.92 bits per heavy atom. The number of benzene rings is 2. The fourth-order valence-electron chi connectivity index (χ4n) is 4.92. The van der Waals surface area contributed by atoms with Crippen molar-refractivity contribution in [3.05, 3.63) is 59.7 Å². The van der Waals surface area contributed by atoms with Gasteiger partial charge in [0.1, 0.15) is 11.5 Å². The van der Waals surface area contributed by atoms with Gasteiger partial charge in [0.15, 0.2) is 5.79 Å². The Morgan fingerprint density at radius 3 is 2.65 bits per heavy atom. The standard InChI is InChI=1S/C29H43N3O5/c1-3-23-13-4-6-15-26(23)37-27-16-7-5-14-25(27)29(35,36-2)17-9-8-11-22-12-10-18-32(21-22)28(34)31-20-24(33)19-30/h4-7,13-16,22,24,33,35H,3,8-12,17-21,30H2,1-2H3,(H,31,34)/t22-,24+,29?/m1/s1. The largest absolute Gasteiger partial charge is 0.457 e. The van der Waals surface area contributed by atoms with E-state index in [4.69, 9.17) is 15.2 Å². The van der Waals surface area contributed by atoms with Crippen molar-refractivity contribution in [2.45, 2.75) is 63.8 Å². The minimum atomic E-state index is -1.46. The molecule has 3 rings (SSSR count). The molecule has 8 nitrogen and oxygen atoms in total. The van der Waals surface area contributed by atoms with Crippen LogP contribution in [0.5, 0.6) is 11.5 Å². The normalized spacial score (nSPS) is 18.2. The van der Waals surface area contributed by atoms with E-state index in [2.05, 4.69) is 12.2 Å². The highest BCUT2D eigenvalue weighted by Crippen LogP contribution is 2.38. The lowest BCUT2D eigenvalue weighted by atomic mass is 9.91. The van der Waals surface area contributed by atoms with E-state index in [0.29, 0.717) is 30.2 Å². The molecule has 1 unspecified atom stereocenters. The van der Waals surface area contributed by atoms with Crippen LogP contribution in [0.1, 0.15) is 56.6 Å². The predicted molar refractivity (Wildman–Crippen MR) is 144 cm³/mol. The van der Waals surface area contributed by atoms with Gasteiger partial charge in [-0.25, -0.2) is 4.79 Å². The average molecular weight is 514 g/mol. The number of nitrogens with zero attached hydrogens (tertiary/aromatic N) is 1. The third-order valence-electron chi connectivity index (χ3n) is 7.16. The number of nitrogens with two attached hydrogens (primary N) is 1. The van der Waals surface area contributed by atoms with Crippen molar-refractivity contribution in [3.8, 4) is 11.5 Å². The first-order valence-corrected chi connectivity index (χ1v) is 13.4. The molecule has 1 aliphatic rings. The van der Waals surface area contributed by atoms with Crippen molar-refractivity contribution in [2.75, 3.05) is 33.3 Å². The van der Waals surface area contributed by atoms with Crippen molar-refractivity contribution >= 4 is 6.03 Å². The van der Waals surface area contributed by atoms with E-state index < -0.39 is 11.9 Å². The average Bonchev–Trinajstić information content (AvgIpc) is 2.94. The summed E-state index contributed by atoms with van der Waals surface area (Å²) in [4.78, 5) is 14.2. The maximum Gasteiger partial charge on any atom is 0.317 e. The minimum absolute atomic E-state index is 0.124. The molecule has 1 fully saturated rings. The van der Waals surface area contributed by atoms with Crippen molar-refractivity contribution in [2.24, 2.45) is 11.7 Å². The maximum atomic E-state index is 12.4. The number of amides is 2. The topological polar surface area (TPSA) is 117 Å². The van der Waals surface area contributed by atoms with Gasteiger partial charge in [-0.3, -0.25) is 0 Å². The molecule has 0 spiro atoms. The van der Waals surface area contributed by atoms with Gasteiger partial charge in [-0.2, -0.15) is 0 Å². The molecule has 0 radical (unpaired) electrons. The number of nitrogens with one attached hydrogen (secondary N) is 1. The Morgan fingerprint density at radius 1 is 1.19 bits per heavy atom. The van der Waals surface area contributed by atoms with E-state index in [1.165, 1.54) is 7.11 Å². The number of urea groups is 1. The number of piperidine rings is 1. The van der Waals surface area contributed by atoms with Gasteiger partial charge in [0, 0.05) is 39.7 Å². The summed E-state index contributed by atoms with van der Waals surface area (Å²) < 4.78 is 11.9. The van der Waals surface area contributed by atoms with Crippen LogP contribution < -0.4 is 15.8 Å². The molecule has 5 N–H and O–H groups in total. The molecule has 2 aromatic carbocycles. The molecule has 3 atom stereocenters. The summed E-state index contributed by atoms with van der Waals surface area (Å²) in [7, 11) is 1.52. The van der Waals surface area contributed by atoms with Gasteiger partial charge in [0.25, 0.3) is 0 Å². The predicted octanol–water partition coefficient (Wildman–Crippen LogP) is 4.13. The molecule has 2 aromatic rings. The number of unbranched alkanes of at least 4 members (excludes halogenated alkanes) is 1. The van der Waals surface area contributed by atoms with Crippen LogP contribution >= 0.6 is 0 Å². The van der Waals surface area contributed by atoms with Gasteiger partial charge in [0.05, 0.1) is 11.7 Å². The van der Waals surface area contributed by atoms with Crippen molar-refractivity contribution in [3.63, 3.8) is 0 Å². The lowest BCUT2D eigenvalue weighted by Crippen LogP contribution is -2.48. The van der Waals surface area contributed by atoms with E-state index in [9.17, 15) is 15.0 Å². The molecule has 1 aliphatic heterocycles. The summed E-state index contributed by atoms with van der Waals surface area (Å²) in [5.74, 6) is 0.316. The molecule has 0 saturated carbocycles. The summed E-state index contributed by atoms with van der Waals surface area (Å²) in [5.41, 5.74) is 7.13. The molecule has 0 aliphatic carbocycles. The third kappa shape index (κ3) is 8.17. The Hall–Kier alpha value is -2.65. The van der Waals surface area contributed by atoms with Crippen LogP contribution in [-0.4, -0.2) is 60.5 Å². The zero-order chi connectivity index (χ0) is 26.7. The monoisotopic (exact) mass is 513 g/mol. The molecule has 8 heteroatoms. The first-order valence-electron chi connectivity index (χ1n) is 13.4. The van der Waals surface area contributed by atoms with Gasteiger partial charge in [-0.15, -0.1) is 0 Å². The first-order chi connectivity index (χ1) is 17.9. The second kappa shape index (κ2) is 14.3. The fourth-order valence-corrected chi connectivity index (χ4v) is 4.92. The Balaban J connectivity index is 1.55. The number of hydrogen-bond acceptors (Lipinski definition) is 6. The van der Waals surface area contributed by atoms with E-state index >= 15 is 0 Å². The zero-order valence-electron chi connectivity index (χ0n) is 22.2. The van der Waals surface area contributed by atoms with Gasteiger partial charge >= 0.3 is 6.03 Å². The zero-order valence-corrected chi connectivity index (χ0v) is 22.2. The highest BCUT2D eigenvalue weighted by atomic mass is 16.6. The number of para-hydroxylation sites is 2. The van der Waals surface area contributed by atoms with E-state index in [1.54, 1.807) is 0 Å². The molecule has 37 heavy (non-hydrogen) atoms. The van der Waals surface area contributed by atoms with Crippen molar-refractivity contribution < 1.29 is 24.5 Å². The highest BCUT2D eigenvalue weighted by molar-refractivity contribution is 5.74. The number of methoxy groups -OCH3 is 1. The Labute approximate surface area is 220 Å². The number of hydrogen-bond donors (Lipinski definition) is 4. The highest BCUT2D eigenvalue weighted by Gasteiger charge is 2.32. The summed E-state index contributed by atoms with van der Waals surface area (Å²) in [5, 5.41) is 23.8. The summed E-state index contributed by atoms with van der Waals surface area (Å²) >= 11 is 0. The number of carbonyl (C=O) groups is 1. The second-order valence-electron chi connectivity index (χ2n) is 9.82. The number of likely N-dealkylation sites (tertiary alicyclic amines) is 1. The lowest BCUT2D eigenvalue weighted by molar-refractivity contribution is -0.200. The van der Waals surface area contributed by atoms with Crippen LogP contribution in [0.4, 0.5) is 4.79 Å². The summed E-state index contributed by atoms with van der Waals surface area (Å²) in [6.45, 7) is 3.81. The smallest absolute Gasteiger partial charge is 0.317 e. The first kappa shape index (κ1) is 28.9. The van der Waals surface area contributed by atoms with Crippen molar-refractivity contribution in [1.29, 1.82) is 0 Å². The van der Waals surface area contributed by atoms with E-state index in [1.807, 2.05) is 53.4 Å². The number of aliphatic hydroxyl groups excluding tert-OH is 1. The second-order valence-corrected chi connectivity index (χ2v) is 9.82. The number of carbonyl (C=O) groups excluding carboxylic acids is 1. The quantitative estimate of drug-likeness (QED) is 0.236. The van der Waals surface area contributed by atoms with Crippen LogP contribution in [-0.2, 0) is 16.9 Å². The van der Waals surface area contributed by atoms with Gasteiger partial charge in [-0.1, -0.05) is 43.7 Å². The molecule has 1 saturated heterocycles. The summed E-state index contributed by atoms with van der Waals surface area (Å²) in [6.07, 6.45) is 5.27. The van der Waals surface area contributed by atoms with Crippen LogP contribution in [0.2, 0.25) is 0 Å². The van der Waals surface area contributed by atoms with Gasteiger partial charge in [-0.05, 0) is 61.8 Å². The third-order valence-corrected chi connectivity index (χ3v) is 7.16. The Bertz CT molecular complexity index is 988. The van der Waals surface area contributed by atoms with Crippen LogP contribution in [0.3, 0.4) is 0 Å².